The van der Waals surface area contributed by atoms with E-state index in [1.54, 1.807) is 11.8 Å². The van der Waals surface area contributed by atoms with Gasteiger partial charge in [0, 0.05) is 26.2 Å². The molecule has 2 rings (SSSR count). The number of benzene rings is 2. The maximum absolute atomic E-state index is 13.1. The highest BCUT2D eigenvalue weighted by molar-refractivity contribution is 9.10. The van der Waals surface area contributed by atoms with Gasteiger partial charge >= 0.3 is 0 Å². The van der Waals surface area contributed by atoms with E-state index in [0.29, 0.717) is 6.04 Å². The van der Waals surface area contributed by atoms with Crippen molar-refractivity contribution in [2.75, 3.05) is 12.8 Å². The Morgan fingerprint density at radius 1 is 1.29 bits per heavy atom. The molecule has 0 saturated carbocycles. The average Bonchev–Trinajstić information content (AvgIpc) is 2.45. The van der Waals surface area contributed by atoms with Crippen LogP contribution < -0.4 is 5.32 Å². The van der Waals surface area contributed by atoms with Crippen LogP contribution in [-0.2, 0) is 6.42 Å². The Kier molecular flexibility index (Phi) is 6.55. The fourth-order valence-electron chi connectivity index (χ4n) is 1.95. The summed E-state index contributed by atoms with van der Waals surface area (Å²) in [5.41, 5.74) is 1.10. The lowest BCUT2D eigenvalue weighted by molar-refractivity contribution is 0.607. The number of likely N-dealkylation sites (N-methyl/N-ethyl adjacent to an activating group) is 1. The lowest BCUT2D eigenvalue weighted by Gasteiger charge is -2.17. The molecule has 0 amide bonds. The molecule has 1 nitrogen and oxygen atoms in total. The van der Waals surface area contributed by atoms with Crippen molar-refractivity contribution in [1.29, 1.82) is 0 Å². The fourth-order valence-corrected chi connectivity index (χ4v) is 3.78. The molecule has 0 fully saturated rings. The third-order valence-electron chi connectivity index (χ3n) is 3.14. The van der Waals surface area contributed by atoms with E-state index in [2.05, 4.69) is 27.3 Å². The molecular weight excluding hydrogens is 373 g/mol. The Morgan fingerprint density at radius 3 is 2.76 bits per heavy atom. The number of nitrogens with one attached hydrogen (secondary N) is 1. The quantitative estimate of drug-likeness (QED) is 0.686. The molecule has 0 aromatic heterocycles. The normalized spacial score (nSPS) is 12.4. The summed E-state index contributed by atoms with van der Waals surface area (Å²) >= 11 is 11.2. The van der Waals surface area contributed by atoms with Gasteiger partial charge in [-0.2, -0.15) is 0 Å². The largest absolute Gasteiger partial charge is 0.316 e. The SMILES string of the molecule is CNC(CSc1cccc(Cl)c1)Cc1ccc(F)cc1Br. The van der Waals surface area contributed by atoms with E-state index in [1.807, 2.05) is 31.3 Å². The number of rotatable bonds is 6. The number of thioether (sulfide) groups is 1. The lowest BCUT2D eigenvalue weighted by Crippen LogP contribution is -2.30. The third-order valence-corrected chi connectivity index (χ3v) is 5.27. The first-order chi connectivity index (χ1) is 10.1. The number of halogens is 3. The second kappa shape index (κ2) is 8.18. The molecule has 5 heteroatoms. The van der Waals surface area contributed by atoms with Crippen LogP contribution in [0.2, 0.25) is 5.02 Å². The first kappa shape index (κ1) is 16.8. The van der Waals surface area contributed by atoms with Crippen molar-refractivity contribution in [3.05, 3.63) is 63.3 Å². The molecule has 0 bridgehead atoms. The maximum Gasteiger partial charge on any atom is 0.124 e. The highest BCUT2D eigenvalue weighted by atomic mass is 79.9. The lowest BCUT2D eigenvalue weighted by atomic mass is 10.1. The van der Waals surface area contributed by atoms with Crippen LogP contribution in [0.15, 0.2) is 51.8 Å². The molecule has 21 heavy (non-hydrogen) atoms. The van der Waals surface area contributed by atoms with Crippen LogP contribution in [-0.4, -0.2) is 18.8 Å². The van der Waals surface area contributed by atoms with E-state index >= 15 is 0 Å². The zero-order valence-corrected chi connectivity index (χ0v) is 14.7. The van der Waals surface area contributed by atoms with Crippen molar-refractivity contribution in [1.82, 2.24) is 5.32 Å². The van der Waals surface area contributed by atoms with E-state index in [1.165, 1.54) is 12.1 Å². The monoisotopic (exact) mass is 387 g/mol. The van der Waals surface area contributed by atoms with Crippen molar-refractivity contribution < 1.29 is 4.39 Å². The first-order valence-electron chi connectivity index (χ1n) is 6.58. The molecule has 112 valence electrons. The summed E-state index contributed by atoms with van der Waals surface area (Å²) in [6, 6.07) is 13.0. The third kappa shape index (κ3) is 5.29. The van der Waals surface area contributed by atoms with Gasteiger partial charge in [-0.1, -0.05) is 39.7 Å². The zero-order chi connectivity index (χ0) is 15.2. The Morgan fingerprint density at radius 2 is 2.10 bits per heavy atom. The van der Waals surface area contributed by atoms with Gasteiger partial charge in [-0.15, -0.1) is 11.8 Å². The Hall–Kier alpha value is -0.550. The average molecular weight is 389 g/mol. The standard InChI is InChI=1S/C16H16BrClFNS/c1-20-14(7-11-5-6-13(19)9-16(11)17)10-21-15-4-2-3-12(18)8-15/h2-6,8-9,14,20H,7,10H2,1H3. The molecule has 0 aliphatic heterocycles. The van der Waals surface area contributed by atoms with Gasteiger partial charge in [0.05, 0.1) is 0 Å². The van der Waals surface area contributed by atoms with Gasteiger partial charge < -0.3 is 5.32 Å². The molecule has 0 aliphatic carbocycles. The maximum atomic E-state index is 13.1. The van der Waals surface area contributed by atoms with Gasteiger partial charge in [0.2, 0.25) is 0 Å². The molecule has 0 heterocycles. The molecule has 2 aromatic carbocycles. The molecule has 1 unspecified atom stereocenters. The van der Waals surface area contributed by atoms with Gasteiger partial charge in [-0.25, -0.2) is 4.39 Å². The van der Waals surface area contributed by atoms with Gasteiger partial charge in [0.15, 0.2) is 0 Å². The van der Waals surface area contributed by atoms with Crippen LogP contribution in [0.25, 0.3) is 0 Å². The van der Waals surface area contributed by atoms with E-state index in [0.717, 1.165) is 32.1 Å². The zero-order valence-electron chi connectivity index (χ0n) is 11.6. The van der Waals surface area contributed by atoms with Crippen molar-refractivity contribution in [3.8, 4) is 0 Å². The molecular formula is C16H16BrClFNS. The molecule has 1 atom stereocenters. The summed E-state index contributed by atoms with van der Waals surface area (Å²) in [7, 11) is 1.95. The Bertz CT molecular complexity index is 609. The molecule has 0 aliphatic rings. The Labute approximate surface area is 142 Å². The molecule has 2 aromatic rings. The summed E-state index contributed by atoms with van der Waals surface area (Å²) in [4.78, 5) is 1.15. The molecule has 0 radical (unpaired) electrons. The smallest absolute Gasteiger partial charge is 0.124 e. The van der Waals surface area contributed by atoms with Gasteiger partial charge in [-0.05, 0) is 49.4 Å². The topological polar surface area (TPSA) is 12.0 Å². The van der Waals surface area contributed by atoms with Crippen LogP contribution in [0.4, 0.5) is 4.39 Å². The molecule has 0 spiro atoms. The summed E-state index contributed by atoms with van der Waals surface area (Å²) in [5, 5.41) is 4.06. The number of hydrogen-bond donors (Lipinski definition) is 1. The van der Waals surface area contributed by atoms with Gasteiger partial charge in [0.25, 0.3) is 0 Å². The minimum absolute atomic E-state index is 0.222. The fraction of sp³-hybridized carbons (Fsp3) is 0.250. The van der Waals surface area contributed by atoms with Crippen LogP contribution in [0.1, 0.15) is 5.56 Å². The second-order valence-electron chi connectivity index (χ2n) is 4.69. The van der Waals surface area contributed by atoms with Crippen LogP contribution in [0.5, 0.6) is 0 Å². The van der Waals surface area contributed by atoms with Crippen LogP contribution in [0, 0.1) is 5.82 Å². The predicted molar refractivity (Wildman–Crippen MR) is 92.8 cm³/mol. The molecule has 0 saturated heterocycles. The van der Waals surface area contributed by atoms with Crippen LogP contribution >= 0.6 is 39.3 Å². The summed E-state index contributed by atoms with van der Waals surface area (Å²) in [6.45, 7) is 0. The van der Waals surface area contributed by atoms with E-state index in [9.17, 15) is 4.39 Å². The first-order valence-corrected chi connectivity index (χ1v) is 8.73. The summed E-state index contributed by atoms with van der Waals surface area (Å²) in [6.07, 6.45) is 0.838. The van der Waals surface area contributed by atoms with Crippen molar-refractivity contribution >= 4 is 39.3 Å². The van der Waals surface area contributed by atoms with Gasteiger partial charge in [-0.3, -0.25) is 0 Å². The minimum atomic E-state index is -0.222. The second-order valence-corrected chi connectivity index (χ2v) is 7.08. The van der Waals surface area contributed by atoms with Crippen LogP contribution in [0.3, 0.4) is 0 Å². The summed E-state index contributed by atoms with van der Waals surface area (Å²) in [5.74, 6) is 0.695. The highest BCUT2D eigenvalue weighted by Crippen LogP contribution is 2.24. The van der Waals surface area contributed by atoms with E-state index < -0.39 is 0 Å². The summed E-state index contributed by atoms with van der Waals surface area (Å²) < 4.78 is 13.9. The van der Waals surface area contributed by atoms with E-state index in [4.69, 9.17) is 11.6 Å². The molecule has 1 N–H and O–H groups in total. The van der Waals surface area contributed by atoms with Gasteiger partial charge in [0.1, 0.15) is 5.82 Å². The number of hydrogen-bond acceptors (Lipinski definition) is 2. The predicted octanol–water partition coefficient (Wildman–Crippen LogP) is 5.16. The highest BCUT2D eigenvalue weighted by Gasteiger charge is 2.11. The minimum Gasteiger partial charge on any atom is -0.316 e. The van der Waals surface area contributed by atoms with Crippen molar-refractivity contribution in [2.24, 2.45) is 0 Å². The van der Waals surface area contributed by atoms with E-state index in [-0.39, 0.29) is 5.82 Å². The van der Waals surface area contributed by atoms with Crippen molar-refractivity contribution in [3.63, 3.8) is 0 Å². The van der Waals surface area contributed by atoms with Crippen molar-refractivity contribution in [2.45, 2.75) is 17.4 Å². The Balaban J connectivity index is 1.97.